The molecular formula is C13H16ClIN2O2. The third-order valence-corrected chi connectivity index (χ3v) is 4.09. The van der Waals surface area contributed by atoms with E-state index < -0.39 is 0 Å². The van der Waals surface area contributed by atoms with Crippen LogP contribution < -0.4 is 0 Å². The Morgan fingerprint density at radius 3 is 2.63 bits per heavy atom. The highest BCUT2D eigenvalue weighted by Crippen LogP contribution is 2.22. The van der Waals surface area contributed by atoms with Gasteiger partial charge in [0.1, 0.15) is 5.75 Å². The summed E-state index contributed by atoms with van der Waals surface area (Å²) in [5, 5.41) is 9.79. The van der Waals surface area contributed by atoms with Gasteiger partial charge in [0.15, 0.2) is 0 Å². The fourth-order valence-electron chi connectivity index (χ4n) is 2.14. The average Bonchev–Trinajstić information content (AvgIpc) is 2.42. The van der Waals surface area contributed by atoms with Crippen molar-refractivity contribution in [1.29, 1.82) is 0 Å². The fraction of sp³-hybridized carbons (Fsp3) is 0.462. The fourth-order valence-corrected chi connectivity index (χ4v) is 2.87. The number of amides is 1. The molecule has 0 radical (unpaired) electrons. The second-order valence-corrected chi connectivity index (χ2v) is 6.11. The van der Waals surface area contributed by atoms with Crippen molar-refractivity contribution >= 4 is 40.1 Å². The van der Waals surface area contributed by atoms with Crippen LogP contribution in [0.15, 0.2) is 18.2 Å². The van der Waals surface area contributed by atoms with E-state index >= 15 is 0 Å². The van der Waals surface area contributed by atoms with E-state index in [1.165, 1.54) is 0 Å². The van der Waals surface area contributed by atoms with Gasteiger partial charge < -0.3 is 10.0 Å². The monoisotopic (exact) mass is 394 g/mol. The topological polar surface area (TPSA) is 43.8 Å². The average molecular weight is 395 g/mol. The zero-order valence-corrected chi connectivity index (χ0v) is 13.4. The van der Waals surface area contributed by atoms with Crippen molar-refractivity contribution < 1.29 is 9.90 Å². The smallest absolute Gasteiger partial charge is 0.257 e. The summed E-state index contributed by atoms with van der Waals surface area (Å²) < 4.78 is 0.944. The number of phenols is 1. The summed E-state index contributed by atoms with van der Waals surface area (Å²) in [4.78, 5) is 16.4. The molecule has 1 aliphatic rings. The number of phenolic OH excluding ortho intramolecular Hbond substituents is 1. The summed E-state index contributed by atoms with van der Waals surface area (Å²) in [5.41, 5.74) is 0.387. The van der Waals surface area contributed by atoms with Gasteiger partial charge in [0.2, 0.25) is 0 Å². The van der Waals surface area contributed by atoms with Crippen LogP contribution in [0.3, 0.4) is 0 Å². The largest absolute Gasteiger partial charge is 0.507 e. The maximum absolute atomic E-state index is 12.4. The molecule has 19 heavy (non-hydrogen) atoms. The van der Waals surface area contributed by atoms with Crippen LogP contribution in [-0.4, -0.2) is 59.4 Å². The Labute approximate surface area is 131 Å². The lowest BCUT2D eigenvalue weighted by atomic mass is 10.1. The van der Waals surface area contributed by atoms with Gasteiger partial charge in [-0.05, 0) is 40.8 Å². The first-order valence-corrected chi connectivity index (χ1v) is 7.79. The minimum atomic E-state index is -0.0958. The zero-order chi connectivity index (χ0) is 13.8. The third kappa shape index (κ3) is 3.73. The molecule has 0 aromatic heterocycles. The second-order valence-electron chi connectivity index (χ2n) is 4.48. The lowest BCUT2D eigenvalue weighted by Gasteiger charge is -2.34. The van der Waals surface area contributed by atoms with Crippen molar-refractivity contribution in [2.75, 3.05) is 38.6 Å². The van der Waals surface area contributed by atoms with E-state index in [2.05, 4.69) is 27.5 Å². The molecule has 1 aromatic rings. The Balaban J connectivity index is 2.03. The van der Waals surface area contributed by atoms with Gasteiger partial charge in [0.25, 0.3) is 5.91 Å². The molecule has 0 bridgehead atoms. The Morgan fingerprint density at radius 1 is 1.32 bits per heavy atom. The van der Waals surface area contributed by atoms with Gasteiger partial charge in [0, 0.05) is 42.2 Å². The molecular weight excluding hydrogens is 379 g/mol. The van der Waals surface area contributed by atoms with E-state index in [0.29, 0.717) is 24.5 Å². The van der Waals surface area contributed by atoms with Crippen LogP contribution in [0.1, 0.15) is 10.4 Å². The van der Waals surface area contributed by atoms with Crippen molar-refractivity contribution in [3.8, 4) is 5.75 Å². The number of carbonyl (C=O) groups excluding carboxylic acids is 1. The number of nitrogens with zero attached hydrogens (tertiary/aromatic N) is 2. The Morgan fingerprint density at radius 2 is 2.00 bits per heavy atom. The van der Waals surface area contributed by atoms with Crippen LogP contribution in [-0.2, 0) is 0 Å². The lowest BCUT2D eigenvalue weighted by Crippen LogP contribution is -2.49. The van der Waals surface area contributed by atoms with Crippen LogP contribution in [0.25, 0.3) is 0 Å². The van der Waals surface area contributed by atoms with Crippen molar-refractivity contribution in [3.63, 3.8) is 0 Å². The van der Waals surface area contributed by atoms with Crippen molar-refractivity contribution in [2.24, 2.45) is 0 Å². The first-order chi connectivity index (χ1) is 9.11. The van der Waals surface area contributed by atoms with E-state index in [9.17, 15) is 9.90 Å². The minimum Gasteiger partial charge on any atom is -0.507 e. The minimum absolute atomic E-state index is 0.0496. The highest BCUT2D eigenvalue weighted by molar-refractivity contribution is 14.1. The molecule has 6 heteroatoms. The molecule has 1 aromatic carbocycles. The maximum atomic E-state index is 12.4. The molecule has 0 unspecified atom stereocenters. The van der Waals surface area contributed by atoms with E-state index in [1.807, 2.05) is 0 Å². The van der Waals surface area contributed by atoms with Crippen LogP contribution in [0.4, 0.5) is 0 Å². The van der Waals surface area contributed by atoms with Crippen molar-refractivity contribution in [2.45, 2.75) is 0 Å². The molecule has 1 saturated heterocycles. The van der Waals surface area contributed by atoms with Gasteiger partial charge >= 0.3 is 0 Å². The van der Waals surface area contributed by atoms with Gasteiger partial charge in [-0.1, -0.05) is 0 Å². The quantitative estimate of drug-likeness (QED) is 0.630. The Hall–Kier alpha value is -0.530. The molecule has 1 aliphatic heterocycles. The van der Waals surface area contributed by atoms with Crippen LogP contribution in [0, 0.1) is 3.57 Å². The Bertz CT molecular complexity index is 462. The van der Waals surface area contributed by atoms with Crippen molar-refractivity contribution in [1.82, 2.24) is 9.80 Å². The number of piperazine rings is 1. The van der Waals surface area contributed by atoms with Crippen LogP contribution >= 0.6 is 34.2 Å². The standard InChI is InChI=1S/C13H16ClIN2O2/c14-3-4-16-5-7-17(8-6-16)13(19)11-9-10(15)1-2-12(11)18/h1-2,9,18H,3-8H2. The SMILES string of the molecule is O=C(c1cc(I)ccc1O)N1CCN(CCCl)CC1. The number of hydrogen-bond donors (Lipinski definition) is 1. The summed E-state index contributed by atoms with van der Waals surface area (Å²) in [6.45, 7) is 3.89. The number of aromatic hydroxyl groups is 1. The molecule has 104 valence electrons. The molecule has 0 spiro atoms. The molecule has 4 nitrogen and oxygen atoms in total. The number of rotatable bonds is 3. The summed E-state index contributed by atoms with van der Waals surface area (Å²) in [6.07, 6.45) is 0. The van der Waals surface area contributed by atoms with E-state index in [0.717, 1.165) is 23.2 Å². The molecule has 1 fully saturated rings. The van der Waals surface area contributed by atoms with Gasteiger partial charge in [-0.3, -0.25) is 9.69 Å². The zero-order valence-electron chi connectivity index (χ0n) is 10.5. The molecule has 2 rings (SSSR count). The number of alkyl halides is 1. The van der Waals surface area contributed by atoms with E-state index in [4.69, 9.17) is 11.6 Å². The molecule has 1 heterocycles. The van der Waals surface area contributed by atoms with E-state index in [-0.39, 0.29) is 11.7 Å². The number of carbonyl (C=O) groups is 1. The summed E-state index contributed by atoms with van der Waals surface area (Å²) in [6, 6.07) is 5.08. The normalized spacial score (nSPS) is 16.6. The van der Waals surface area contributed by atoms with Crippen molar-refractivity contribution in [3.05, 3.63) is 27.3 Å². The summed E-state index contributed by atoms with van der Waals surface area (Å²) in [5.74, 6) is 0.571. The number of hydrogen-bond acceptors (Lipinski definition) is 3. The van der Waals surface area contributed by atoms with Gasteiger partial charge in [-0.15, -0.1) is 11.6 Å². The van der Waals surface area contributed by atoms with Crippen LogP contribution in [0.5, 0.6) is 5.75 Å². The highest BCUT2D eigenvalue weighted by Gasteiger charge is 2.23. The lowest BCUT2D eigenvalue weighted by molar-refractivity contribution is 0.0641. The first-order valence-electron chi connectivity index (χ1n) is 6.18. The number of halogens is 2. The molecule has 0 atom stereocenters. The van der Waals surface area contributed by atoms with Gasteiger partial charge in [0.05, 0.1) is 5.56 Å². The predicted octanol–water partition coefficient (Wildman–Crippen LogP) is 1.99. The second kappa shape index (κ2) is 6.76. The Kier molecular flexibility index (Phi) is 5.29. The molecule has 0 saturated carbocycles. The number of benzene rings is 1. The first kappa shape index (κ1) is 14.9. The predicted molar refractivity (Wildman–Crippen MR) is 83.9 cm³/mol. The molecule has 0 aliphatic carbocycles. The van der Waals surface area contributed by atoms with Gasteiger partial charge in [-0.25, -0.2) is 0 Å². The highest BCUT2D eigenvalue weighted by atomic mass is 127. The molecule has 1 amide bonds. The third-order valence-electron chi connectivity index (χ3n) is 3.25. The van der Waals surface area contributed by atoms with Gasteiger partial charge in [-0.2, -0.15) is 0 Å². The van der Waals surface area contributed by atoms with E-state index in [1.54, 1.807) is 23.1 Å². The van der Waals surface area contributed by atoms with Crippen LogP contribution in [0.2, 0.25) is 0 Å². The maximum Gasteiger partial charge on any atom is 0.257 e. The summed E-state index contributed by atoms with van der Waals surface area (Å²) in [7, 11) is 0. The molecule has 1 N–H and O–H groups in total. The summed E-state index contributed by atoms with van der Waals surface area (Å²) >= 11 is 7.85.